The van der Waals surface area contributed by atoms with Crippen molar-refractivity contribution < 1.29 is 19.1 Å². The monoisotopic (exact) mass is 374 g/mol. The number of amides is 2. The van der Waals surface area contributed by atoms with Crippen LogP contribution in [-0.4, -0.2) is 23.9 Å². The van der Waals surface area contributed by atoms with Gasteiger partial charge in [-0.05, 0) is 42.8 Å². The minimum Gasteiger partial charge on any atom is -0.449 e. The molecular formula is C19H19ClN2O4. The van der Waals surface area contributed by atoms with Gasteiger partial charge < -0.3 is 15.4 Å². The van der Waals surface area contributed by atoms with Gasteiger partial charge in [-0.1, -0.05) is 29.8 Å². The van der Waals surface area contributed by atoms with Gasteiger partial charge in [0.05, 0.1) is 5.56 Å². The van der Waals surface area contributed by atoms with E-state index in [1.807, 2.05) is 0 Å². The van der Waals surface area contributed by atoms with Crippen molar-refractivity contribution in [1.29, 1.82) is 0 Å². The molecule has 0 spiro atoms. The molecule has 2 rings (SSSR count). The van der Waals surface area contributed by atoms with Crippen molar-refractivity contribution in [3.63, 3.8) is 0 Å². The molecule has 6 nitrogen and oxygen atoms in total. The normalized spacial score (nSPS) is 11.3. The Morgan fingerprint density at radius 3 is 2.46 bits per heavy atom. The minimum atomic E-state index is -0.959. The second-order valence-corrected chi connectivity index (χ2v) is 6.09. The molecule has 7 heteroatoms. The summed E-state index contributed by atoms with van der Waals surface area (Å²) in [5.41, 5.74) is 1.60. The lowest BCUT2D eigenvalue weighted by atomic mass is 10.2. The lowest BCUT2D eigenvalue weighted by molar-refractivity contribution is -0.129. The number of hydrogen-bond donors (Lipinski definition) is 2. The number of hydrogen-bond acceptors (Lipinski definition) is 4. The molecular weight excluding hydrogens is 356 g/mol. The van der Waals surface area contributed by atoms with Crippen molar-refractivity contribution in [3.8, 4) is 0 Å². The van der Waals surface area contributed by atoms with E-state index in [4.69, 9.17) is 16.3 Å². The zero-order chi connectivity index (χ0) is 19.1. The van der Waals surface area contributed by atoms with Crippen LogP contribution in [0.3, 0.4) is 0 Å². The Morgan fingerprint density at radius 2 is 1.81 bits per heavy atom. The number of nitrogens with one attached hydrogen (secondary N) is 2. The van der Waals surface area contributed by atoms with E-state index in [-0.39, 0.29) is 11.5 Å². The molecule has 0 aliphatic heterocycles. The third kappa shape index (κ3) is 5.89. The summed E-state index contributed by atoms with van der Waals surface area (Å²) < 4.78 is 5.18. The maximum absolute atomic E-state index is 12.2. The predicted octanol–water partition coefficient (Wildman–Crippen LogP) is 3.16. The van der Waals surface area contributed by atoms with Crippen LogP contribution in [0, 0.1) is 0 Å². The molecule has 0 aromatic heterocycles. The van der Waals surface area contributed by atoms with Gasteiger partial charge in [0.25, 0.3) is 5.91 Å². The van der Waals surface area contributed by atoms with Gasteiger partial charge in [0.2, 0.25) is 5.91 Å². The molecule has 2 aromatic rings. The van der Waals surface area contributed by atoms with Crippen LogP contribution in [0.2, 0.25) is 5.02 Å². The van der Waals surface area contributed by atoms with Crippen LogP contribution in [0.15, 0.2) is 48.5 Å². The van der Waals surface area contributed by atoms with Gasteiger partial charge in [0.15, 0.2) is 6.10 Å². The van der Waals surface area contributed by atoms with Crippen molar-refractivity contribution in [2.24, 2.45) is 0 Å². The van der Waals surface area contributed by atoms with Crippen LogP contribution >= 0.6 is 11.6 Å². The van der Waals surface area contributed by atoms with Gasteiger partial charge in [-0.3, -0.25) is 9.59 Å². The van der Waals surface area contributed by atoms with Crippen molar-refractivity contribution in [1.82, 2.24) is 5.32 Å². The summed E-state index contributed by atoms with van der Waals surface area (Å²) in [6.07, 6.45) is -0.959. The third-order valence-electron chi connectivity index (χ3n) is 3.45. The Labute approximate surface area is 156 Å². The van der Waals surface area contributed by atoms with Crippen LogP contribution in [0.5, 0.6) is 0 Å². The smallest absolute Gasteiger partial charge is 0.338 e. The first-order valence-corrected chi connectivity index (χ1v) is 8.34. The van der Waals surface area contributed by atoms with Gasteiger partial charge in [0, 0.05) is 24.2 Å². The van der Waals surface area contributed by atoms with E-state index < -0.39 is 18.0 Å². The van der Waals surface area contributed by atoms with Crippen LogP contribution in [0.1, 0.15) is 29.8 Å². The molecule has 0 aliphatic rings. The Bertz CT molecular complexity index is 805. The maximum atomic E-state index is 12.2. The molecule has 0 heterocycles. The molecule has 0 bridgehead atoms. The standard InChI is InChI=1S/C19H19ClN2O4/c1-12(18(24)21-11-14-6-8-16(20)9-7-14)26-19(25)15-4-3-5-17(10-15)22-13(2)23/h3-10,12H,11H2,1-2H3,(H,21,24)(H,22,23)/t12-/m1/s1. The fourth-order valence-electron chi connectivity index (χ4n) is 2.14. The van der Waals surface area contributed by atoms with Crippen molar-refractivity contribution >= 4 is 35.1 Å². The number of esters is 1. The summed E-state index contributed by atoms with van der Waals surface area (Å²) >= 11 is 5.81. The van der Waals surface area contributed by atoms with Gasteiger partial charge >= 0.3 is 5.97 Å². The van der Waals surface area contributed by atoms with Crippen LogP contribution < -0.4 is 10.6 Å². The summed E-state index contributed by atoms with van der Waals surface area (Å²) in [6, 6.07) is 13.4. The molecule has 2 aromatic carbocycles. The van der Waals surface area contributed by atoms with Crippen LogP contribution in [0.4, 0.5) is 5.69 Å². The van der Waals surface area contributed by atoms with Gasteiger partial charge in [0.1, 0.15) is 0 Å². The first kappa shape index (κ1) is 19.5. The number of rotatable bonds is 6. The van der Waals surface area contributed by atoms with E-state index >= 15 is 0 Å². The third-order valence-corrected chi connectivity index (χ3v) is 3.70. The molecule has 0 saturated heterocycles. The minimum absolute atomic E-state index is 0.244. The lowest BCUT2D eigenvalue weighted by Gasteiger charge is -2.14. The van der Waals surface area contributed by atoms with Crippen molar-refractivity contribution in [3.05, 3.63) is 64.7 Å². The average molecular weight is 375 g/mol. The number of halogens is 1. The molecule has 0 fully saturated rings. The molecule has 2 N–H and O–H groups in total. The number of carbonyl (C=O) groups excluding carboxylic acids is 3. The largest absolute Gasteiger partial charge is 0.449 e. The highest BCUT2D eigenvalue weighted by atomic mass is 35.5. The van der Waals surface area contributed by atoms with Crippen LogP contribution in [0.25, 0.3) is 0 Å². The van der Waals surface area contributed by atoms with Crippen molar-refractivity contribution in [2.75, 3.05) is 5.32 Å². The zero-order valence-corrected chi connectivity index (χ0v) is 15.2. The molecule has 0 saturated carbocycles. The van der Waals surface area contributed by atoms with E-state index in [1.54, 1.807) is 42.5 Å². The Morgan fingerprint density at radius 1 is 1.12 bits per heavy atom. The molecule has 2 amide bonds. The highest BCUT2D eigenvalue weighted by Crippen LogP contribution is 2.13. The Kier molecular flexibility index (Phi) is 6.74. The van der Waals surface area contributed by atoms with Gasteiger partial charge in [-0.2, -0.15) is 0 Å². The SMILES string of the molecule is CC(=O)Nc1cccc(C(=O)O[C@H](C)C(=O)NCc2ccc(Cl)cc2)c1. The second-order valence-electron chi connectivity index (χ2n) is 5.65. The molecule has 0 radical (unpaired) electrons. The Hall–Kier alpha value is -2.86. The highest BCUT2D eigenvalue weighted by molar-refractivity contribution is 6.30. The van der Waals surface area contributed by atoms with Gasteiger partial charge in [-0.25, -0.2) is 4.79 Å². The van der Waals surface area contributed by atoms with E-state index in [1.165, 1.54) is 19.9 Å². The van der Waals surface area contributed by atoms with E-state index in [0.29, 0.717) is 17.3 Å². The summed E-state index contributed by atoms with van der Waals surface area (Å²) in [5.74, 6) is -1.30. The first-order chi connectivity index (χ1) is 12.3. The quantitative estimate of drug-likeness (QED) is 0.760. The molecule has 0 aliphatic carbocycles. The number of benzene rings is 2. The van der Waals surface area contributed by atoms with E-state index in [9.17, 15) is 14.4 Å². The van der Waals surface area contributed by atoms with E-state index in [0.717, 1.165) is 5.56 Å². The van der Waals surface area contributed by atoms with E-state index in [2.05, 4.69) is 10.6 Å². The summed E-state index contributed by atoms with van der Waals surface area (Å²) in [7, 11) is 0. The topological polar surface area (TPSA) is 84.5 Å². The first-order valence-electron chi connectivity index (χ1n) is 7.96. The zero-order valence-electron chi connectivity index (χ0n) is 14.4. The number of ether oxygens (including phenoxy) is 1. The maximum Gasteiger partial charge on any atom is 0.338 e. The summed E-state index contributed by atoms with van der Waals surface area (Å²) in [4.78, 5) is 35.4. The molecule has 1 atom stereocenters. The van der Waals surface area contributed by atoms with Gasteiger partial charge in [-0.15, -0.1) is 0 Å². The highest BCUT2D eigenvalue weighted by Gasteiger charge is 2.19. The van der Waals surface area contributed by atoms with Crippen molar-refractivity contribution in [2.45, 2.75) is 26.5 Å². The summed E-state index contributed by atoms with van der Waals surface area (Å²) in [5, 5.41) is 5.89. The predicted molar refractivity (Wildman–Crippen MR) is 98.9 cm³/mol. The second kappa shape index (κ2) is 9.01. The number of carbonyl (C=O) groups is 3. The molecule has 0 unspecified atom stereocenters. The number of anilines is 1. The van der Waals surface area contributed by atoms with Crippen LogP contribution in [-0.2, 0) is 20.9 Å². The molecule has 26 heavy (non-hydrogen) atoms. The average Bonchev–Trinajstić information content (AvgIpc) is 2.60. The fourth-order valence-corrected chi connectivity index (χ4v) is 2.27. The lowest BCUT2D eigenvalue weighted by Crippen LogP contribution is -2.35. The fraction of sp³-hybridized carbons (Fsp3) is 0.211. The molecule has 136 valence electrons. The summed E-state index contributed by atoms with van der Waals surface area (Å²) in [6.45, 7) is 3.17. The Balaban J connectivity index is 1.90.